The molecule has 12 heteroatoms. The molecule has 0 bridgehead atoms. The minimum Gasteiger partial charge on any atom is -0.469 e. The molecule has 0 saturated heterocycles. The molecule has 0 aromatic heterocycles. The Bertz CT molecular complexity index is 955. The molecule has 2 rings (SSSR count). The molecular formula is C20H26F3NO7S. The number of carbonyl (C=O) groups excluding carboxylic acids is 2. The summed E-state index contributed by atoms with van der Waals surface area (Å²) in [5.74, 6) is -0.977. The molecule has 8 nitrogen and oxygen atoms in total. The van der Waals surface area contributed by atoms with Crippen LogP contribution in [0, 0.1) is 0 Å². The molecule has 1 aliphatic heterocycles. The van der Waals surface area contributed by atoms with Gasteiger partial charge in [0.2, 0.25) is 0 Å². The number of alkyl halides is 3. The van der Waals surface area contributed by atoms with Gasteiger partial charge in [0.15, 0.2) is 0 Å². The van der Waals surface area contributed by atoms with Gasteiger partial charge in [-0.2, -0.15) is 21.6 Å². The zero-order valence-electron chi connectivity index (χ0n) is 18.2. The van der Waals surface area contributed by atoms with Gasteiger partial charge < -0.3 is 18.6 Å². The summed E-state index contributed by atoms with van der Waals surface area (Å²) in [5, 5.41) is 0. The molecule has 1 aliphatic rings. The number of hydrogen-bond donors (Lipinski definition) is 0. The fourth-order valence-corrected chi connectivity index (χ4v) is 3.77. The van der Waals surface area contributed by atoms with Gasteiger partial charge in [-0.25, -0.2) is 4.79 Å². The zero-order valence-corrected chi connectivity index (χ0v) is 19.0. The van der Waals surface area contributed by atoms with E-state index >= 15 is 0 Å². The van der Waals surface area contributed by atoms with Crippen LogP contribution in [0.4, 0.5) is 18.0 Å². The first-order chi connectivity index (χ1) is 14.6. The Labute approximate surface area is 184 Å². The molecule has 1 atom stereocenters. The van der Waals surface area contributed by atoms with E-state index in [2.05, 4.69) is 8.92 Å². The highest BCUT2D eigenvalue weighted by molar-refractivity contribution is 7.88. The third-order valence-electron chi connectivity index (χ3n) is 4.66. The average Bonchev–Trinajstić information content (AvgIpc) is 2.82. The van der Waals surface area contributed by atoms with Crippen LogP contribution in [0.3, 0.4) is 0 Å². The SMILES string of the molecule is COC(=O)CCC1c2ccc(OS(=O)(=O)C(F)(F)F)cc2CCCN1C(=O)OC(C)(C)C. The summed E-state index contributed by atoms with van der Waals surface area (Å²) >= 11 is 0. The Morgan fingerprint density at radius 1 is 1.19 bits per heavy atom. The van der Waals surface area contributed by atoms with Crippen LogP contribution in [0.25, 0.3) is 0 Å². The van der Waals surface area contributed by atoms with Crippen molar-refractivity contribution in [3.05, 3.63) is 29.3 Å². The van der Waals surface area contributed by atoms with Crippen molar-refractivity contribution in [1.29, 1.82) is 0 Å². The van der Waals surface area contributed by atoms with E-state index in [0.29, 0.717) is 24.0 Å². The highest BCUT2D eigenvalue weighted by Crippen LogP contribution is 2.36. The number of carbonyl (C=O) groups is 2. The predicted molar refractivity (Wildman–Crippen MR) is 107 cm³/mol. The molecule has 0 radical (unpaired) electrons. The molecular weight excluding hydrogens is 455 g/mol. The maximum Gasteiger partial charge on any atom is 0.534 e. The third-order valence-corrected chi connectivity index (χ3v) is 5.64. The Morgan fingerprint density at radius 2 is 1.84 bits per heavy atom. The van der Waals surface area contributed by atoms with E-state index in [4.69, 9.17) is 4.74 Å². The maximum atomic E-state index is 12.8. The van der Waals surface area contributed by atoms with Crippen LogP contribution in [0.2, 0.25) is 0 Å². The van der Waals surface area contributed by atoms with Gasteiger partial charge in [0.25, 0.3) is 0 Å². The normalized spacial score (nSPS) is 17.2. The summed E-state index contributed by atoms with van der Waals surface area (Å²) in [4.78, 5) is 26.0. The Kier molecular flexibility index (Phi) is 7.69. The second kappa shape index (κ2) is 9.55. The number of ether oxygens (including phenoxy) is 2. The van der Waals surface area contributed by atoms with Crippen LogP contribution < -0.4 is 4.18 Å². The van der Waals surface area contributed by atoms with Crippen LogP contribution in [-0.2, 0) is 30.8 Å². The molecule has 0 spiro atoms. The van der Waals surface area contributed by atoms with E-state index in [0.717, 1.165) is 6.07 Å². The van der Waals surface area contributed by atoms with E-state index < -0.39 is 45.1 Å². The predicted octanol–water partition coefficient (Wildman–Crippen LogP) is 4.09. The van der Waals surface area contributed by atoms with Gasteiger partial charge in [-0.05, 0) is 63.3 Å². The van der Waals surface area contributed by atoms with Crippen molar-refractivity contribution < 1.29 is 44.8 Å². The van der Waals surface area contributed by atoms with Gasteiger partial charge in [-0.1, -0.05) is 6.07 Å². The van der Waals surface area contributed by atoms with Gasteiger partial charge in [0.05, 0.1) is 13.2 Å². The van der Waals surface area contributed by atoms with E-state index in [1.807, 2.05) is 0 Å². The number of methoxy groups -OCH3 is 1. The van der Waals surface area contributed by atoms with Crippen LogP contribution in [0.15, 0.2) is 18.2 Å². The Balaban J connectivity index is 2.42. The molecule has 0 N–H and O–H groups in total. The van der Waals surface area contributed by atoms with Crippen LogP contribution in [-0.4, -0.2) is 50.1 Å². The fourth-order valence-electron chi connectivity index (χ4n) is 3.32. The number of aryl methyl sites for hydroxylation is 1. The highest BCUT2D eigenvalue weighted by Gasteiger charge is 2.48. The second-order valence-electron chi connectivity index (χ2n) is 8.25. The lowest BCUT2D eigenvalue weighted by Crippen LogP contribution is -2.39. The first-order valence-corrected chi connectivity index (χ1v) is 11.3. The molecule has 1 amide bonds. The number of halogens is 3. The first kappa shape index (κ1) is 25.8. The zero-order chi connectivity index (χ0) is 24.3. The second-order valence-corrected chi connectivity index (χ2v) is 9.79. The van der Waals surface area contributed by atoms with Gasteiger partial charge in [0, 0.05) is 13.0 Å². The average molecular weight is 481 g/mol. The van der Waals surface area contributed by atoms with Gasteiger partial charge in [-0.15, -0.1) is 0 Å². The van der Waals surface area contributed by atoms with Crippen LogP contribution >= 0.6 is 0 Å². The molecule has 1 heterocycles. The molecule has 0 aliphatic carbocycles. The summed E-state index contributed by atoms with van der Waals surface area (Å²) in [7, 11) is -4.58. The number of rotatable bonds is 5. The Hall–Kier alpha value is -2.50. The number of esters is 1. The minimum atomic E-state index is -5.82. The van der Waals surface area contributed by atoms with Crippen molar-refractivity contribution >= 4 is 22.2 Å². The quantitative estimate of drug-likeness (QED) is 0.355. The number of nitrogens with zero attached hydrogens (tertiary/aromatic N) is 1. The fraction of sp³-hybridized carbons (Fsp3) is 0.600. The smallest absolute Gasteiger partial charge is 0.469 e. The molecule has 180 valence electrons. The lowest BCUT2D eigenvalue weighted by molar-refractivity contribution is -0.141. The van der Waals surface area contributed by atoms with Crippen molar-refractivity contribution in [3.8, 4) is 5.75 Å². The lowest BCUT2D eigenvalue weighted by atomic mass is 9.95. The van der Waals surface area contributed by atoms with Crippen molar-refractivity contribution in [2.75, 3.05) is 13.7 Å². The van der Waals surface area contributed by atoms with E-state index in [1.165, 1.54) is 24.1 Å². The highest BCUT2D eigenvalue weighted by atomic mass is 32.2. The largest absolute Gasteiger partial charge is 0.534 e. The summed E-state index contributed by atoms with van der Waals surface area (Å²) in [5.41, 5.74) is -5.24. The molecule has 32 heavy (non-hydrogen) atoms. The molecule has 1 aromatic rings. The van der Waals surface area contributed by atoms with E-state index in [1.54, 1.807) is 20.8 Å². The van der Waals surface area contributed by atoms with E-state index in [9.17, 15) is 31.2 Å². The van der Waals surface area contributed by atoms with Gasteiger partial charge >= 0.3 is 27.7 Å². The number of amides is 1. The van der Waals surface area contributed by atoms with E-state index in [-0.39, 0.29) is 19.4 Å². The third kappa shape index (κ3) is 6.50. The molecule has 0 saturated carbocycles. The number of benzene rings is 1. The summed E-state index contributed by atoms with van der Waals surface area (Å²) in [6, 6.07) is 3.07. The standard InChI is InChI=1S/C20H26F3NO7S/c1-19(2,3)30-18(26)24-11-5-6-13-12-14(31-32(27,28)20(21,22)23)7-8-15(13)16(24)9-10-17(25)29-4/h7-8,12,16H,5-6,9-11H2,1-4H3. The Morgan fingerprint density at radius 3 is 2.41 bits per heavy atom. The summed E-state index contributed by atoms with van der Waals surface area (Å²) in [6.45, 7) is 5.41. The molecule has 1 aromatic carbocycles. The van der Waals surface area contributed by atoms with Crippen LogP contribution in [0.1, 0.15) is 57.2 Å². The van der Waals surface area contributed by atoms with Crippen LogP contribution in [0.5, 0.6) is 5.75 Å². The maximum absolute atomic E-state index is 12.8. The van der Waals surface area contributed by atoms with Gasteiger partial charge in [0.1, 0.15) is 11.4 Å². The number of fused-ring (bicyclic) bond motifs is 1. The summed E-state index contributed by atoms with van der Waals surface area (Å²) in [6.07, 6.45) is 0.365. The number of hydrogen-bond acceptors (Lipinski definition) is 7. The van der Waals surface area contributed by atoms with Crippen molar-refractivity contribution in [1.82, 2.24) is 4.90 Å². The topological polar surface area (TPSA) is 99.2 Å². The lowest BCUT2D eigenvalue weighted by Gasteiger charge is -2.33. The van der Waals surface area contributed by atoms with Gasteiger partial charge in [-0.3, -0.25) is 4.79 Å². The summed E-state index contributed by atoms with van der Waals surface area (Å²) < 4.78 is 75.0. The van der Waals surface area contributed by atoms with Crippen molar-refractivity contribution in [2.45, 2.75) is 63.6 Å². The monoisotopic (exact) mass is 481 g/mol. The molecule has 0 fully saturated rings. The van der Waals surface area contributed by atoms with Crippen molar-refractivity contribution in [2.24, 2.45) is 0 Å². The molecule has 1 unspecified atom stereocenters. The first-order valence-electron chi connectivity index (χ1n) is 9.84. The van der Waals surface area contributed by atoms with Crippen molar-refractivity contribution in [3.63, 3.8) is 0 Å². The minimum absolute atomic E-state index is 0.0133.